The number of halogens is 1. The van der Waals surface area contributed by atoms with Gasteiger partial charge in [0, 0.05) is 35.2 Å². The number of carbonyl (C=O) groups is 1. The Hall–Kier alpha value is -2.93. The fourth-order valence-electron chi connectivity index (χ4n) is 2.31. The average Bonchev–Trinajstić information content (AvgIpc) is 2.66. The zero-order valence-electron chi connectivity index (χ0n) is 14.7. The minimum absolute atomic E-state index is 0.123. The first-order valence-electron chi connectivity index (χ1n) is 8.34. The maximum Gasteiger partial charge on any atom is 0.321 e. The maximum absolute atomic E-state index is 13.6. The zero-order valence-corrected chi connectivity index (χ0v) is 15.5. The molecule has 0 saturated carbocycles. The maximum atomic E-state index is 13.6. The molecule has 27 heavy (non-hydrogen) atoms. The normalized spacial score (nSPS) is 10.4. The molecule has 0 saturated heterocycles. The molecular weight excluding hydrogens is 365 g/mol. The summed E-state index contributed by atoms with van der Waals surface area (Å²) in [5, 5.41) is 2.87. The molecule has 138 valence electrons. The van der Waals surface area contributed by atoms with Crippen LogP contribution in [0.25, 0.3) is 0 Å². The van der Waals surface area contributed by atoms with Crippen LogP contribution in [0.4, 0.5) is 10.1 Å². The van der Waals surface area contributed by atoms with E-state index in [2.05, 4.69) is 15.3 Å². The highest BCUT2D eigenvalue weighted by molar-refractivity contribution is 7.99. The summed E-state index contributed by atoms with van der Waals surface area (Å²) in [6.07, 6.45) is 3.49. The lowest BCUT2D eigenvalue weighted by molar-refractivity contribution is -0.115. The Morgan fingerprint density at radius 2 is 1.93 bits per heavy atom. The number of nitrogens with zero attached hydrogens (tertiary/aromatic N) is 2. The molecule has 0 atom stereocenters. The number of ether oxygens (including phenoxy) is 1. The zero-order chi connectivity index (χ0) is 19.1. The molecule has 3 rings (SSSR count). The van der Waals surface area contributed by atoms with Crippen LogP contribution in [-0.2, 0) is 4.79 Å². The second-order valence-corrected chi connectivity index (χ2v) is 6.82. The number of thioether (sulfide) groups is 1. The fraction of sp³-hybridized carbons (Fsp3) is 0.150. The Kier molecular flexibility index (Phi) is 6.38. The van der Waals surface area contributed by atoms with Gasteiger partial charge in [0.25, 0.3) is 0 Å². The van der Waals surface area contributed by atoms with E-state index >= 15 is 0 Å². The molecular formula is C20H18FN3O2S. The monoisotopic (exact) mass is 383 g/mol. The van der Waals surface area contributed by atoms with E-state index < -0.39 is 0 Å². The number of carbonyl (C=O) groups excluding carboxylic acids is 1. The van der Waals surface area contributed by atoms with Crippen LogP contribution in [0, 0.1) is 12.7 Å². The van der Waals surface area contributed by atoms with Crippen molar-refractivity contribution in [1.82, 2.24) is 9.97 Å². The summed E-state index contributed by atoms with van der Waals surface area (Å²) in [6.45, 7) is 1.88. The van der Waals surface area contributed by atoms with Crippen molar-refractivity contribution in [2.75, 3.05) is 11.1 Å². The van der Waals surface area contributed by atoms with Gasteiger partial charge in [0.1, 0.15) is 11.6 Å². The quantitative estimate of drug-likeness (QED) is 0.592. The van der Waals surface area contributed by atoms with Gasteiger partial charge < -0.3 is 10.1 Å². The third-order valence-corrected chi connectivity index (χ3v) is 4.70. The number of rotatable bonds is 7. The van der Waals surface area contributed by atoms with Gasteiger partial charge in [0.05, 0.1) is 0 Å². The summed E-state index contributed by atoms with van der Waals surface area (Å²) in [5.41, 5.74) is 1.57. The number of anilines is 1. The minimum Gasteiger partial charge on any atom is -0.424 e. The smallest absolute Gasteiger partial charge is 0.321 e. The highest BCUT2D eigenvalue weighted by atomic mass is 32.2. The minimum atomic E-state index is -0.267. The molecule has 1 aromatic heterocycles. The first-order valence-corrected chi connectivity index (χ1v) is 9.33. The highest BCUT2D eigenvalue weighted by Crippen LogP contribution is 2.25. The summed E-state index contributed by atoms with van der Waals surface area (Å²) in [7, 11) is 0. The fourth-order valence-corrected chi connectivity index (χ4v) is 3.20. The van der Waals surface area contributed by atoms with E-state index in [9.17, 15) is 9.18 Å². The van der Waals surface area contributed by atoms with Gasteiger partial charge in [-0.05, 0) is 48.9 Å². The number of aromatic nitrogens is 2. The largest absolute Gasteiger partial charge is 0.424 e. The van der Waals surface area contributed by atoms with Crippen LogP contribution in [0.1, 0.15) is 12.0 Å². The lowest BCUT2D eigenvalue weighted by atomic mass is 10.2. The molecule has 2 aromatic carbocycles. The third-order valence-electron chi connectivity index (χ3n) is 3.65. The van der Waals surface area contributed by atoms with Crippen LogP contribution >= 0.6 is 11.8 Å². The Balaban J connectivity index is 1.52. The van der Waals surface area contributed by atoms with E-state index in [1.165, 1.54) is 17.8 Å². The molecule has 7 heteroatoms. The van der Waals surface area contributed by atoms with Crippen molar-refractivity contribution in [3.05, 3.63) is 72.3 Å². The molecule has 0 radical (unpaired) electrons. The number of benzene rings is 2. The molecule has 5 nitrogen and oxygen atoms in total. The third kappa shape index (κ3) is 5.52. The molecule has 0 bridgehead atoms. The number of nitrogens with one attached hydrogen (secondary N) is 1. The molecule has 0 aliphatic carbocycles. The summed E-state index contributed by atoms with van der Waals surface area (Å²) < 4.78 is 19.1. The van der Waals surface area contributed by atoms with Crippen molar-refractivity contribution in [2.24, 2.45) is 0 Å². The molecule has 0 unspecified atom stereocenters. The highest BCUT2D eigenvalue weighted by Gasteiger charge is 2.08. The topological polar surface area (TPSA) is 64.1 Å². The lowest BCUT2D eigenvalue weighted by Gasteiger charge is -2.10. The molecule has 0 aliphatic heterocycles. The van der Waals surface area contributed by atoms with Crippen molar-refractivity contribution in [1.29, 1.82) is 0 Å². The van der Waals surface area contributed by atoms with E-state index in [-0.39, 0.29) is 24.2 Å². The van der Waals surface area contributed by atoms with Gasteiger partial charge in [-0.25, -0.2) is 14.4 Å². The molecule has 0 aliphatic rings. The van der Waals surface area contributed by atoms with E-state index in [1.807, 2.05) is 6.92 Å². The SMILES string of the molecule is Cc1cc(Oc2ncccn2)ccc1NC(=O)CCSc1ccccc1F. The Morgan fingerprint density at radius 3 is 2.67 bits per heavy atom. The van der Waals surface area contributed by atoms with Crippen LogP contribution in [0.3, 0.4) is 0 Å². The van der Waals surface area contributed by atoms with Gasteiger partial charge in [0.2, 0.25) is 5.91 Å². The molecule has 0 fully saturated rings. The first kappa shape index (κ1) is 18.8. The van der Waals surface area contributed by atoms with Gasteiger partial charge >= 0.3 is 6.01 Å². The lowest BCUT2D eigenvalue weighted by Crippen LogP contribution is -2.13. The van der Waals surface area contributed by atoms with Crippen LogP contribution in [-0.4, -0.2) is 21.6 Å². The molecule has 1 amide bonds. The van der Waals surface area contributed by atoms with Gasteiger partial charge in [0.15, 0.2) is 0 Å². The summed E-state index contributed by atoms with van der Waals surface area (Å²) in [5.74, 6) is 0.698. The van der Waals surface area contributed by atoms with Gasteiger partial charge in [-0.1, -0.05) is 12.1 Å². The predicted molar refractivity (Wildman–Crippen MR) is 104 cm³/mol. The molecule has 1 N–H and O–H groups in total. The second-order valence-electron chi connectivity index (χ2n) is 5.69. The summed E-state index contributed by atoms with van der Waals surface area (Å²) >= 11 is 1.32. The number of aryl methyl sites for hydroxylation is 1. The van der Waals surface area contributed by atoms with Crippen LogP contribution in [0.2, 0.25) is 0 Å². The average molecular weight is 383 g/mol. The van der Waals surface area contributed by atoms with Crippen molar-refractivity contribution < 1.29 is 13.9 Å². The van der Waals surface area contributed by atoms with Crippen molar-refractivity contribution >= 4 is 23.4 Å². The predicted octanol–water partition coefficient (Wildman–Crippen LogP) is 4.84. The Labute approximate surface area is 161 Å². The Bertz CT molecular complexity index is 922. The van der Waals surface area contributed by atoms with Crippen molar-refractivity contribution in [2.45, 2.75) is 18.2 Å². The van der Waals surface area contributed by atoms with Crippen molar-refractivity contribution in [3.8, 4) is 11.8 Å². The van der Waals surface area contributed by atoms with Crippen LogP contribution < -0.4 is 10.1 Å². The van der Waals surface area contributed by atoms with Crippen molar-refractivity contribution in [3.63, 3.8) is 0 Å². The van der Waals surface area contributed by atoms with E-state index in [4.69, 9.17) is 4.74 Å². The molecule has 3 aromatic rings. The van der Waals surface area contributed by atoms with Gasteiger partial charge in [-0.3, -0.25) is 4.79 Å². The summed E-state index contributed by atoms with van der Waals surface area (Å²) in [4.78, 5) is 20.7. The second kappa shape index (κ2) is 9.14. The summed E-state index contributed by atoms with van der Waals surface area (Å²) in [6, 6.07) is 13.8. The number of hydrogen-bond donors (Lipinski definition) is 1. The van der Waals surface area contributed by atoms with E-state index in [0.29, 0.717) is 22.1 Å². The van der Waals surface area contributed by atoms with E-state index in [0.717, 1.165) is 5.56 Å². The van der Waals surface area contributed by atoms with Gasteiger partial charge in [-0.15, -0.1) is 11.8 Å². The van der Waals surface area contributed by atoms with E-state index in [1.54, 1.807) is 54.9 Å². The standard InChI is InChI=1S/C20H18FN3O2S/c1-14-13-15(26-20-22-10-4-11-23-20)7-8-17(14)24-19(25)9-12-27-18-6-3-2-5-16(18)21/h2-8,10-11,13H,9,12H2,1H3,(H,24,25). The number of amides is 1. The molecule has 1 heterocycles. The number of hydrogen-bond acceptors (Lipinski definition) is 5. The first-order chi connectivity index (χ1) is 13.1. The van der Waals surface area contributed by atoms with Crippen LogP contribution in [0.5, 0.6) is 11.8 Å². The van der Waals surface area contributed by atoms with Crippen LogP contribution in [0.15, 0.2) is 65.8 Å². The molecule has 0 spiro atoms. The van der Waals surface area contributed by atoms with Gasteiger partial charge in [-0.2, -0.15) is 0 Å². The Morgan fingerprint density at radius 1 is 1.15 bits per heavy atom.